The second-order valence-corrected chi connectivity index (χ2v) is 9.65. The highest BCUT2D eigenvalue weighted by molar-refractivity contribution is 6.30. The highest BCUT2D eigenvalue weighted by Gasteiger charge is 2.09. The maximum atomic E-state index is 11.8. The summed E-state index contributed by atoms with van der Waals surface area (Å²) in [5.41, 5.74) is 6.22. The number of hydrogen-bond acceptors (Lipinski definition) is 7. The van der Waals surface area contributed by atoms with E-state index < -0.39 is 6.16 Å². The molecule has 0 aliphatic carbocycles. The molecule has 218 valence electrons. The minimum Gasteiger partial charge on any atom is -0.494 e. The molecule has 11 heteroatoms. The fourth-order valence-electron chi connectivity index (χ4n) is 3.71. The molecule has 0 saturated carbocycles. The molecule has 0 fully saturated rings. The minimum absolute atomic E-state index is 0.0420. The number of anilines is 1. The van der Waals surface area contributed by atoms with Gasteiger partial charge < -0.3 is 30.6 Å². The normalized spacial score (nSPS) is 11.0. The van der Waals surface area contributed by atoms with E-state index in [2.05, 4.69) is 15.6 Å². The van der Waals surface area contributed by atoms with Crippen LogP contribution in [0, 0.1) is 11.5 Å². The number of ether oxygens (including phenoxy) is 3. The van der Waals surface area contributed by atoms with Crippen LogP contribution in [0.25, 0.3) is 0 Å². The van der Waals surface area contributed by atoms with Gasteiger partial charge in [0, 0.05) is 23.7 Å². The SMILES string of the molecule is N#CN=C(NCCCCCCOc1ccc(Cl)cc1)Nc1cc[n+](COC(=O)OCCCCCCCCN)cc1. The van der Waals surface area contributed by atoms with E-state index >= 15 is 0 Å². The van der Waals surface area contributed by atoms with Crippen molar-refractivity contribution in [1.29, 1.82) is 5.26 Å². The van der Waals surface area contributed by atoms with Crippen molar-refractivity contribution in [3.63, 3.8) is 0 Å². The Morgan fingerprint density at radius 1 is 0.900 bits per heavy atom. The van der Waals surface area contributed by atoms with E-state index in [9.17, 15) is 4.79 Å². The molecule has 0 aliphatic heterocycles. The van der Waals surface area contributed by atoms with Crippen LogP contribution in [0.5, 0.6) is 5.75 Å². The van der Waals surface area contributed by atoms with E-state index in [0.717, 1.165) is 82.2 Å². The number of aliphatic imine (C=N–C) groups is 1. The largest absolute Gasteiger partial charge is 0.513 e. The standard InChI is InChI=1S/C29H41ClN6O4/c30-25-11-13-27(14-12-25)38-21-9-6-4-8-18-33-28(34-23-32)35-26-15-19-36(20-16-26)24-40-29(37)39-22-10-5-2-1-3-7-17-31/h11-16,19-20H,1-10,17-18,21-22,24,31H2,(H,33,34)/p+1. The van der Waals surface area contributed by atoms with Gasteiger partial charge in [-0.05, 0) is 56.5 Å². The van der Waals surface area contributed by atoms with Gasteiger partial charge in [0.15, 0.2) is 12.4 Å². The van der Waals surface area contributed by atoms with Gasteiger partial charge in [-0.1, -0.05) is 50.1 Å². The monoisotopic (exact) mass is 573 g/mol. The number of pyridine rings is 1. The van der Waals surface area contributed by atoms with Crippen molar-refractivity contribution in [3.05, 3.63) is 53.8 Å². The quantitative estimate of drug-likeness (QED) is 0.0499. The number of rotatable bonds is 19. The summed E-state index contributed by atoms with van der Waals surface area (Å²) in [7, 11) is 0. The van der Waals surface area contributed by atoms with Crippen molar-refractivity contribution < 1.29 is 23.6 Å². The van der Waals surface area contributed by atoms with E-state index in [1.54, 1.807) is 29.1 Å². The molecule has 2 rings (SSSR count). The first kappa shape index (κ1) is 32.7. The molecule has 0 amide bonds. The molecule has 1 aromatic carbocycles. The zero-order chi connectivity index (χ0) is 28.7. The third kappa shape index (κ3) is 15.8. The molecule has 0 saturated heterocycles. The minimum atomic E-state index is -0.681. The lowest BCUT2D eigenvalue weighted by Crippen LogP contribution is -2.36. The Morgan fingerprint density at radius 3 is 2.25 bits per heavy atom. The molecule has 1 heterocycles. The van der Waals surface area contributed by atoms with Crippen LogP contribution in [0.2, 0.25) is 5.02 Å². The van der Waals surface area contributed by atoms with Crippen LogP contribution in [-0.4, -0.2) is 38.4 Å². The fraction of sp³-hybridized carbons (Fsp3) is 0.517. The number of benzene rings is 1. The lowest BCUT2D eigenvalue weighted by Gasteiger charge is -2.11. The van der Waals surface area contributed by atoms with Crippen LogP contribution >= 0.6 is 11.6 Å². The van der Waals surface area contributed by atoms with Crippen molar-refractivity contribution in [1.82, 2.24) is 5.32 Å². The van der Waals surface area contributed by atoms with Crippen LogP contribution in [0.4, 0.5) is 10.5 Å². The Morgan fingerprint density at radius 2 is 1.55 bits per heavy atom. The van der Waals surface area contributed by atoms with Crippen LogP contribution in [0.1, 0.15) is 64.2 Å². The molecule has 0 bridgehead atoms. The summed E-state index contributed by atoms with van der Waals surface area (Å²) >= 11 is 5.88. The third-order valence-electron chi connectivity index (χ3n) is 5.91. The number of guanidine groups is 1. The fourth-order valence-corrected chi connectivity index (χ4v) is 3.84. The van der Waals surface area contributed by atoms with Gasteiger partial charge in [-0.15, -0.1) is 4.99 Å². The maximum Gasteiger partial charge on any atom is 0.513 e. The van der Waals surface area contributed by atoms with Crippen LogP contribution < -0.4 is 25.7 Å². The number of nitriles is 1. The first-order valence-corrected chi connectivity index (χ1v) is 14.3. The summed E-state index contributed by atoms with van der Waals surface area (Å²) in [5.74, 6) is 1.20. The zero-order valence-corrected chi connectivity index (χ0v) is 23.9. The van der Waals surface area contributed by atoms with Gasteiger partial charge in [-0.2, -0.15) is 9.83 Å². The van der Waals surface area contributed by atoms with Crippen LogP contribution in [0.15, 0.2) is 53.8 Å². The molecule has 2 aromatic rings. The predicted octanol–water partition coefficient (Wildman–Crippen LogP) is 5.52. The number of nitrogens with one attached hydrogen (secondary N) is 2. The summed E-state index contributed by atoms with van der Waals surface area (Å²) in [6, 6.07) is 11.0. The average molecular weight is 574 g/mol. The van der Waals surface area contributed by atoms with Gasteiger partial charge >= 0.3 is 6.16 Å². The van der Waals surface area contributed by atoms with Gasteiger partial charge in [0.05, 0.1) is 18.9 Å². The molecule has 4 N–H and O–H groups in total. The zero-order valence-electron chi connectivity index (χ0n) is 23.2. The van der Waals surface area contributed by atoms with E-state index in [0.29, 0.717) is 30.7 Å². The van der Waals surface area contributed by atoms with E-state index in [4.69, 9.17) is 36.8 Å². The summed E-state index contributed by atoms with van der Waals surface area (Å²) in [4.78, 5) is 15.6. The molecule has 0 atom stereocenters. The lowest BCUT2D eigenvalue weighted by atomic mass is 10.1. The van der Waals surface area contributed by atoms with Crippen molar-refractivity contribution >= 4 is 29.4 Å². The first-order valence-electron chi connectivity index (χ1n) is 14.0. The summed E-state index contributed by atoms with van der Waals surface area (Å²) < 4.78 is 17.7. The molecule has 0 unspecified atom stereocenters. The molecule has 0 spiro atoms. The second kappa shape index (κ2) is 21.3. The number of nitrogens with zero attached hydrogens (tertiary/aromatic N) is 3. The van der Waals surface area contributed by atoms with Crippen molar-refractivity contribution in [2.24, 2.45) is 10.7 Å². The molecular weight excluding hydrogens is 532 g/mol. The number of hydrogen-bond donors (Lipinski definition) is 3. The Hall–Kier alpha value is -3.55. The van der Waals surface area contributed by atoms with E-state index in [1.807, 2.05) is 30.5 Å². The van der Waals surface area contributed by atoms with Gasteiger partial charge in [0.2, 0.25) is 12.2 Å². The summed E-state index contributed by atoms with van der Waals surface area (Å²) in [5, 5.41) is 16.0. The Kier molecular flexibility index (Phi) is 17.4. The van der Waals surface area contributed by atoms with Gasteiger partial charge in [0.1, 0.15) is 5.75 Å². The average Bonchev–Trinajstić information content (AvgIpc) is 2.96. The van der Waals surface area contributed by atoms with E-state index in [-0.39, 0.29) is 6.73 Å². The smallest absolute Gasteiger partial charge is 0.494 e. The number of carbonyl (C=O) groups excluding carboxylic acids is 1. The number of carbonyl (C=O) groups is 1. The highest BCUT2D eigenvalue weighted by Crippen LogP contribution is 2.16. The Bertz CT molecular complexity index is 1030. The van der Waals surface area contributed by atoms with Gasteiger partial charge in [-0.25, -0.2) is 4.79 Å². The molecule has 1 aromatic heterocycles. The number of halogens is 1. The van der Waals surface area contributed by atoms with Gasteiger partial charge in [0.25, 0.3) is 6.73 Å². The summed E-state index contributed by atoms with van der Waals surface area (Å²) in [6.07, 6.45) is 14.9. The number of nitrogens with two attached hydrogens (primary N) is 1. The molecular formula is C29H42ClN6O4+. The third-order valence-corrected chi connectivity index (χ3v) is 6.16. The van der Waals surface area contributed by atoms with Crippen molar-refractivity contribution in [2.75, 3.05) is 31.6 Å². The second-order valence-electron chi connectivity index (χ2n) is 9.21. The van der Waals surface area contributed by atoms with Crippen molar-refractivity contribution in [2.45, 2.75) is 70.9 Å². The molecule has 0 aliphatic rings. The van der Waals surface area contributed by atoms with Crippen LogP contribution in [-0.2, 0) is 16.2 Å². The Labute approximate surface area is 242 Å². The molecule has 40 heavy (non-hydrogen) atoms. The number of aromatic nitrogens is 1. The van der Waals surface area contributed by atoms with Crippen molar-refractivity contribution in [3.8, 4) is 11.9 Å². The topological polar surface area (TPSA) is 135 Å². The summed E-state index contributed by atoms with van der Waals surface area (Å²) in [6.45, 7) is 2.48. The van der Waals surface area contributed by atoms with Crippen LogP contribution in [0.3, 0.4) is 0 Å². The van der Waals surface area contributed by atoms with E-state index in [1.165, 1.54) is 0 Å². The van der Waals surface area contributed by atoms with Gasteiger partial charge in [-0.3, -0.25) is 0 Å². The highest BCUT2D eigenvalue weighted by atomic mass is 35.5. The predicted molar refractivity (Wildman–Crippen MR) is 156 cm³/mol. The Balaban J connectivity index is 1.55. The lowest BCUT2D eigenvalue weighted by molar-refractivity contribution is -0.727. The molecule has 0 radical (unpaired) electrons. The number of unbranched alkanes of at least 4 members (excludes halogenated alkanes) is 8. The molecule has 10 nitrogen and oxygen atoms in total. The maximum absolute atomic E-state index is 11.8. The first-order chi connectivity index (χ1) is 19.6.